The second-order valence-electron chi connectivity index (χ2n) is 7.89. The Labute approximate surface area is 195 Å². The van der Waals surface area contributed by atoms with Crippen LogP contribution in [0.4, 0.5) is 5.69 Å². The predicted octanol–water partition coefficient (Wildman–Crippen LogP) is 5.23. The number of benzene rings is 4. The summed E-state index contributed by atoms with van der Waals surface area (Å²) in [6.45, 7) is 0. The summed E-state index contributed by atoms with van der Waals surface area (Å²) in [6.07, 6.45) is 0. The summed E-state index contributed by atoms with van der Waals surface area (Å²) >= 11 is 0. The van der Waals surface area contributed by atoms with Crippen LogP contribution in [0.25, 0.3) is 33.2 Å². The Balaban J connectivity index is 1.73. The van der Waals surface area contributed by atoms with E-state index < -0.39 is 11.5 Å². The second kappa shape index (κ2) is 8.67. The van der Waals surface area contributed by atoms with Gasteiger partial charge in [-0.2, -0.15) is 5.10 Å². The Morgan fingerprint density at radius 1 is 0.794 bits per heavy atom. The van der Waals surface area contributed by atoms with Crippen LogP contribution >= 0.6 is 0 Å². The molecular weight excluding hydrogens is 426 g/mol. The van der Waals surface area contributed by atoms with Crippen molar-refractivity contribution in [2.75, 3.05) is 5.32 Å². The molecule has 0 saturated carbocycles. The maximum Gasteiger partial charge on any atom is 0.280 e. The van der Waals surface area contributed by atoms with E-state index in [9.17, 15) is 14.7 Å². The average Bonchev–Trinajstić information content (AvgIpc) is 2.87. The number of phenols is 1. The summed E-state index contributed by atoms with van der Waals surface area (Å²) < 4.78 is 1.19. The molecule has 5 aromatic rings. The monoisotopic (exact) mass is 447 g/mol. The molecule has 0 spiro atoms. The zero-order valence-electron chi connectivity index (χ0n) is 18.4. The summed E-state index contributed by atoms with van der Waals surface area (Å²) in [6, 6.07) is 29.1. The van der Waals surface area contributed by atoms with Crippen LogP contribution in [0.15, 0.2) is 102 Å². The SMILES string of the molecule is Cn1nc(-c2ccccc2)c(-c2ccccc2)c(C(=O)Nc2cccc3c(O)cccc23)c1=O. The van der Waals surface area contributed by atoms with Crippen molar-refractivity contribution in [3.63, 3.8) is 0 Å². The van der Waals surface area contributed by atoms with Gasteiger partial charge in [-0.25, -0.2) is 4.68 Å². The molecule has 6 heteroatoms. The van der Waals surface area contributed by atoms with E-state index in [0.717, 1.165) is 5.56 Å². The van der Waals surface area contributed by atoms with Crippen LogP contribution in [0.2, 0.25) is 0 Å². The Morgan fingerprint density at radius 3 is 2.12 bits per heavy atom. The minimum atomic E-state index is -0.546. The first-order chi connectivity index (χ1) is 16.5. The van der Waals surface area contributed by atoms with Gasteiger partial charge in [-0.3, -0.25) is 9.59 Å². The van der Waals surface area contributed by atoms with Gasteiger partial charge in [-0.1, -0.05) is 84.9 Å². The summed E-state index contributed by atoms with van der Waals surface area (Å²) in [5, 5.41) is 18.9. The van der Waals surface area contributed by atoms with E-state index in [0.29, 0.717) is 33.3 Å². The Hall–Kier alpha value is -4.71. The van der Waals surface area contributed by atoms with Crippen LogP contribution in [-0.2, 0) is 7.05 Å². The van der Waals surface area contributed by atoms with E-state index in [4.69, 9.17) is 0 Å². The molecule has 166 valence electrons. The van der Waals surface area contributed by atoms with Crippen molar-refractivity contribution in [3.8, 4) is 28.1 Å². The molecule has 1 amide bonds. The molecule has 6 nitrogen and oxygen atoms in total. The third-order valence-corrected chi connectivity index (χ3v) is 5.73. The summed E-state index contributed by atoms with van der Waals surface area (Å²) in [7, 11) is 1.54. The fourth-order valence-corrected chi connectivity index (χ4v) is 4.11. The zero-order valence-corrected chi connectivity index (χ0v) is 18.4. The molecule has 0 fully saturated rings. The highest BCUT2D eigenvalue weighted by molar-refractivity contribution is 6.13. The molecule has 4 aromatic carbocycles. The highest BCUT2D eigenvalue weighted by Gasteiger charge is 2.25. The third-order valence-electron chi connectivity index (χ3n) is 5.73. The van der Waals surface area contributed by atoms with E-state index in [-0.39, 0.29) is 11.3 Å². The second-order valence-corrected chi connectivity index (χ2v) is 7.89. The van der Waals surface area contributed by atoms with Gasteiger partial charge < -0.3 is 10.4 Å². The first-order valence-corrected chi connectivity index (χ1v) is 10.8. The first-order valence-electron chi connectivity index (χ1n) is 10.8. The van der Waals surface area contributed by atoms with Gasteiger partial charge in [0, 0.05) is 34.6 Å². The molecule has 0 unspecified atom stereocenters. The normalized spacial score (nSPS) is 10.9. The van der Waals surface area contributed by atoms with Crippen LogP contribution < -0.4 is 10.9 Å². The average molecular weight is 447 g/mol. The van der Waals surface area contributed by atoms with Crippen molar-refractivity contribution < 1.29 is 9.90 Å². The number of aromatic hydroxyl groups is 1. The van der Waals surface area contributed by atoms with E-state index in [1.807, 2.05) is 66.7 Å². The number of nitrogens with zero attached hydrogens (tertiary/aromatic N) is 2. The van der Waals surface area contributed by atoms with Crippen molar-refractivity contribution in [3.05, 3.63) is 113 Å². The number of anilines is 1. The maximum atomic E-state index is 13.7. The molecule has 0 aliphatic rings. The quantitative estimate of drug-likeness (QED) is 0.395. The number of nitrogens with one attached hydrogen (secondary N) is 1. The largest absolute Gasteiger partial charge is 0.507 e. The molecule has 1 heterocycles. The van der Waals surface area contributed by atoms with Crippen molar-refractivity contribution in [1.29, 1.82) is 0 Å². The fraction of sp³-hybridized carbons (Fsp3) is 0.0357. The molecule has 0 bridgehead atoms. The van der Waals surface area contributed by atoms with Gasteiger partial charge in [0.1, 0.15) is 11.3 Å². The lowest BCUT2D eigenvalue weighted by Gasteiger charge is -2.16. The molecule has 34 heavy (non-hydrogen) atoms. The molecule has 2 N–H and O–H groups in total. The molecular formula is C28H21N3O3. The summed E-state index contributed by atoms with van der Waals surface area (Å²) in [4.78, 5) is 27.0. The highest BCUT2D eigenvalue weighted by Crippen LogP contribution is 2.34. The highest BCUT2D eigenvalue weighted by atomic mass is 16.3. The number of hydrogen-bond acceptors (Lipinski definition) is 4. The smallest absolute Gasteiger partial charge is 0.280 e. The van der Waals surface area contributed by atoms with E-state index in [1.165, 1.54) is 11.7 Å². The standard InChI is InChI=1S/C28H21N3O3/c1-31-28(34)25(27(33)29-22-16-8-15-21-20(22)14-9-17-23(21)32)24(18-10-4-2-5-11-18)26(30-31)19-12-6-3-7-13-19/h2-17,32H,1H3,(H,29,33). The van der Waals surface area contributed by atoms with Crippen molar-refractivity contribution in [2.45, 2.75) is 0 Å². The van der Waals surface area contributed by atoms with Crippen molar-refractivity contribution in [1.82, 2.24) is 9.78 Å². The predicted molar refractivity (Wildman–Crippen MR) is 134 cm³/mol. The number of aryl methyl sites for hydroxylation is 1. The van der Waals surface area contributed by atoms with Gasteiger partial charge in [0.2, 0.25) is 0 Å². The van der Waals surface area contributed by atoms with E-state index in [1.54, 1.807) is 30.3 Å². The number of carbonyl (C=O) groups excluding carboxylic acids is 1. The van der Waals surface area contributed by atoms with Gasteiger partial charge in [-0.05, 0) is 17.7 Å². The Kier molecular flexibility index (Phi) is 5.40. The molecule has 5 rings (SSSR count). The molecule has 0 aliphatic carbocycles. The third kappa shape index (κ3) is 3.71. The van der Waals surface area contributed by atoms with Crippen LogP contribution in [0.1, 0.15) is 10.4 Å². The fourth-order valence-electron chi connectivity index (χ4n) is 4.11. The number of fused-ring (bicyclic) bond motifs is 1. The molecule has 0 aliphatic heterocycles. The molecule has 0 atom stereocenters. The van der Waals surface area contributed by atoms with Crippen LogP contribution in [-0.4, -0.2) is 20.8 Å². The maximum absolute atomic E-state index is 13.7. The summed E-state index contributed by atoms with van der Waals surface area (Å²) in [5.41, 5.74) is 2.51. The topological polar surface area (TPSA) is 84.2 Å². The van der Waals surface area contributed by atoms with Gasteiger partial charge in [-0.15, -0.1) is 0 Å². The Bertz CT molecular complexity index is 1580. The lowest BCUT2D eigenvalue weighted by Crippen LogP contribution is -2.31. The van der Waals surface area contributed by atoms with Gasteiger partial charge in [0.25, 0.3) is 11.5 Å². The van der Waals surface area contributed by atoms with E-state index in [2.05, 4.69) is 10.4 Å². The number of aromatic nitrogens is 2. The number of phenolic OH excluding ortho intramolecular Hbond substituents is 1. The number of hydrogen-bond donors (Lipinski definition) is 2. The molecule has 0 radical (unpaired) electrons. The Morgan fingerprint density at radius 2 is 1.41 bits per heavy atom. The lowest BCUT2D eigenvalue weighted by atomic mass is 9.95. The van der Waals surface area contributed by atoms with Crippen molar-refractivity contribution in [2.24, 2.45) is 7.05 Å². The summed E-state index contributed by atoms with van der Waals surface area (Å²) in [5.74, 6) is -0.431. The lowest BCUT2D eigenvalue weighted by molar-refractivity contribution is 0.102. The van der Waals surface area contributed by atoms with Crippen LogP contribution in [0, 0.1) is 0 Å². The van der Waals surface area contributed by atoms with Crippen LogP contribution in [0.5, 0.6) is 5.75 Å². The number of amides is 1. The van der Waals surface area contributed by atoms with Gasteiger partial charge in [0.15, 0.2) is 0 Å². The van der Waals surface area contributed by atoms with Crippen molar-refractivity contribution >= 4 is 22.4 Å². The zero-order chi connectivity index (χ0) is 23.7. The van der Waals surface area contributed by atoms with Gasteiger partial charge in [0.05, 0.1) is 5.69 Å². The van der Waals surface area contributed by atoms with E-state index >= 15 is 0 Å². The van der Waals surface area contributed by atoms with Crippen LogP contribution in [0.3, 0.4) is 0 Å². The minimum Gasteiger partial charge on any atom is -0.507 e. The first kappa shape index (κ1) is 21.2. The number of carbonyl (C=O) groups is 1. The molecule has 1 aromatic heterocycles. The van der Waals surface area contributed by atoms with Gasteiger partial charge >= 0.3 is 0 Å². The number of rotatable bonds is 4. The molecule has 0 saturated heterocycles. The minimum absolute atomic E-state index is 0.000269.